The van der Waals surface area contributed by atoms with E-state index in [-0.39, 0.29) is 0 Å². The number of anilines is 1. The Bertz CT molecular complexity index is 480. The van der Waals surface area contributed by atoms with Gasteiger partial charge in [-0.15, -0.1) is 11.3 Å². The second-order valence-corrected chi connectivity index (χ2v) is 5.46. The predicted molar refractivity (Wildman–Crippen MR) is 74.8 cm³/mol. The lowest BCUT2D eigenvalue weighted by molar-refractivity contribution is 0.898. The van der Waals surface area contributed by atoms with E-state index in [1.54, 1.807) is 11.3 Å². The molecule has 0 aliphatic carbocycles. The average Bonchev–Trinajstić information content (AvgIpc) is 2.76. The Morgan fingerprint density at radius 1 is 1.18 bits per heavy atom. The van der Waals surface area contributed by atoms with Gasteiger partial charge in [-0.05, 0) is 38.8 Å². The number of thiazole rings is 1. The van der Waals surface area contributed by atoms with Gasteiger partial charge in [-0.1, -0.05) is 17.7 Å². The number of nitrogens with zero attached hydrogens (tertiary/aromatic N) is 1. The number of hydrogen-bond acceptors (Lipinski definition) is 3. The minimum atomic E-state index is 0.308. The van der Waals surface area contributed by atoms with E-state index in [4.69, 9.17) is 0 Å². The molecule has 17 heavy (non-hydrogen) atoms. The topological polar surface area (TPSA) is 24.9 Å². The fraction of sp³-hybridized carbons (Fsp3) is 0.357. The van der Waals surface area contributed by atoms with Crippen LogP contribution in [0.25, 0.3) is 0 Å². The van der Waals surface area contributed by atoms with Gasteiger partial charge in [0, 0.05) is 16.8 Å². The van der Waals surface area contributed by atoms with Gasteiger partial charge in [-0.2, -0.15) is 0 Å². The second-order valence-electron chi connectivity index (χ2n) is 4.54. The lowest BCUT2D eigenvalue weighted by atomic mass is 10.0. The van der Waals surface area contributed by atoms with E-state index in [0.29, 0.717) is 6.04 Å². The summed E-state index contributed by atoms with van der Waals surface area (Å²) in [7, 11) is 0. The van der Waals surface area contributed by atoms with E-state index in [1.165, 1.54) is 27.3 Å². The molecule has 1 N–H and O–H groups in total. The molecule has 1 atom stereocenters. The molecule has 2 nitrogen and oxygen atoms in total. The number of hydrogen-bond donors (Lipinski definition) is 1. The van der Waals surface area contributed by atoms with Crippen molar-refractivity contribution in [1.82, 2.24) is 4.98 Å². The maximum atomic E-state index is 4.12. The number of nitrogens with one attached hydrogen (secondary N) is 1. The van der Waals surface area contributed by atoms with Crippen molar-refractivity contribution in [2.24, 2.45) is 0 Å². The monoisotopic (exact) mass is 246 g/mol. The van der Waals surface area contributed by atoms with Crippen molar-refractivity contribution in [3.63, 3.8) is 0 Å². The third kappa shape index (κ3) is 2.67. The first-order valence-corrected chi connectivity index (χ1v) is 6.68. The van der Waals surface area contributed by atoms with Crippen molar-refractivity contribution in [3.8, 4) is 0 Å². The fourth-order valence-electron chi connectivity index (χ4n) is 2.13. The van der Waals surface area contributed by atoms with Crippen LogP contribution in [0.5, 0.6) is 0 Å². The Morgan fingerprint density at radius 2 is 1.82 bits per heavy atom. The highest BCUT2D eigenvalue weighted by Crippen LogP contribution is 2.27. The SMILES string of the molecule is Cc1cc(C)c(NC(C)c2cncs2)c(C)c1. The molecule has 3 heteroatoms. The smallest absolute Gasteiger partial charge is 0.0795 e. The Morgan fingerprint density at radius 3 is 2.35 bits per heavy atom. The Kier molecular flexibility index (Phi) is 3.48. The van der Waals surface area contributed by atoms with Crippen molar-refractivity contribution in [3.05, 3.63) is 45.4 Å². The van der Waals surface area contributed by atoms with Gasteiger partial charge in [-0.3, -0.25) is 4.98 Å². The van der Waals surface area contributed by atoms with Gasteiger partial charge in [-0.25, -0.2) is 0 Å². The summed E-state index contributed by atoms with van der Waals surface area (Å²) in [5.41, 5.74) is 7.05. The molecule has 1 aromatic heterocycles. The van der Waals surface area contributed by atoms with Crippen molar-refractivity contribution in [1.29, 1.82) is 0 Å². The van der Waals surface area contributed by atoms with E-state index >= 15 is 0 Å². The Balaban J connectivity index is 2.25. The van der Waals surface area contributed by atoms with Gasteiger partial charge < -0.3 is 5.32 Å². The van der Waals surface area contributed by atoms with Gasteiger partial charge in [0.25, 0.3) is 0 Å². The summed E-state index contributed by atoms with van der Waals surface area (Å²) in [5, 5.41) is 3.58. The first kappa shape index (κ1) is 12.1. The van der Waals surface area contributed by atoms with Crippen molar-refractivity contribution < 1.29 is 0 Å². The lowest BCUT2D eigenvalue weighted by Crippen LogP contribution is -2.07. The lowest BCUT2D eigenvalue weighted by Gasteiger charge is -2.18. The summed E-state index contributed by atoms with van der Waals surface area (Å²) in [6, 6.07) is 4.74. The Hall–Kier alpha value is -1.35. The quantitative estimate of drug-likeness (QED) is 0.876. The highest BCUT2D eigenvalue weighted by molar-refractivity contribution is 7.09. The molecule has 0 aliphatic heterocycles. The minimum absolute atomic E-state index is 0.308. The van der Waals surface area contributed by atoms with Crippen LogP contribution in [0.1, 0.15) is 34.5 Å². The van der Waals surface area contributed by atoms with Crippen molar-refractivity contribution in [2.75, 3.05) is 5.32 Å². The maximum absolute atomic E-state index is 4.12. The first-order valence-electron chi connectivity index (χ1n) is 5.80. The average molecular weight is 246 g/mol. The number of rotatable bonds is 3. The summed E-state index contributed by atoms with van der Waals surface area (Å²) in [6.07, 6.45) is 1.93. The van der Waals surface area contributed by atoms with Gasteiger partial charge in [0.1, 0.15) is 0 Å². The largest absolute Gasteiger partial charge is 0.377 e. The maximum Gasteiger partial charge on any atom is 0.0795 e. The molecule has 0 radical (unpaired) electrons. The van der Waals surface area contributed by atoms with E-state index in [1.807, 2.05) is 11.7 Å². The van der Waals surface area contributed by atoms with Crippen LogP contribution < -0.4 is 5.32 Å². The summed E-state index contributed by atoms with van der Waals surface area (Å²) in [4.78, 5) is 5.39. The first-order chi connectivity index (χ1) is 8.08. The molecular formula is C14H18N2S. The summed E-state index contributed by atoms with van der Waals surface area (Å²) in [6.45, 7) is 8.62. The molecular weight excluding hydrogens is 228 g/mol. The van der Waals surface area contributed by atoms with Crippen LogP contribution in [0.15, 0.2) is 23.8 Å². The van der Waals surface area contributed by atoms with Crippen LogP contribution in [0, 0.1) is 20.8 Å². The summed E-state index contributed by atoms with van der Waals surface area (Å²) >= 11 is 1.69. The molecule has 2 aromatic rings. The molecule has 0 saturated heterocycles. The zero-order valence-corrected chi connectivity index (χ0v) is 11.6. The third-order valence-electron chi connectivity index (χ3n) is 2.92. The zero-order valence-electron chi connectivity index (χ0n) is 10.7. The molecule has 0 bridgehead atoms. The zero-order chi connectivity index (χ0) is 12.4. The third-order valence-corrected chi connectivity index (χ3v) is 3.87. The molecule has 2 rings (SSSR count). The van der Waals surface area contributed by atoms with E-state index in [0.717, 1.165) is 0 Å². The normalized spacial score (nSPS) is 12.5. The van der Waals surface area contributed by atoms with E-state index < -0.39 is 0 Å². The standard InChI is InChI=1S/C14H18N2S/c1-9-5-10(2)14(11(3)6-9)16-12(4)13-7-15-8-17-13/h5-8,12,16H,1-4H3. The number of aryl methyl sites for hydroxylation is 3. The van der Waals surface area contributed by atoms with Crippen molar-refractivity contribution in [2.45, 2.75) is 33.7 Å². The molecule has 90 valence electrons. The molecule has 0 saturated carbocycles. The molecule has 1 heterocycles. The van der Waals surface area contributed by atoms with Crippen LogP contribution >= 0.6 is 11.3 Å². The summed E-state index contributed by atoms with van der Waals surface area (Å²) < 4.78 is 0. The molecule has 0 fully saturated rings. The van der Waals surface area contributed by atoms with Gasteiger partial charge in [0.2, 0.25) is 0 Å². The number of benzene rings is 1. The van der Waals surface area contributed by atoms with Gasteiger partial charge in [0.15, 0.2) is 0 Å². The van der Waals surface area contributed by atoms with Crippen molar-refractivity contribution >= 4 is 17.0 Å². The fourth-order valence-corrected chi connectivity index (χ4v) is 2.76. The minimum Gasteiger partial charge on any atom is -0.377 e. The summed E-state index contributed by atoms with van der Waals surface area (Å²) in [5.74, 6) is 0. The molecule has 1 aromatic carbocycles. The van der Waals surface area contributed by atoms with Crippen LogP contribution in [0.4, 0.5) is 5.69 Å². The van der Waals surface area contributed by atoms with Crippen LogP contribution in [-0.2, 0) is 0 Å². The van der Waals surface area contributed by atoms with Crippen LogP contribution in [0.2, 0.25) is 0 Å². The molecule has 0 aliphatic rings. The molecule has 0 amide bonds. The van der Waals surface area contributed by atoms with Crippen LogP contribution in [-0.4, -0.2) is 4.98 Å². The van der Waals surface area contributed by atoms with E-state index in [9.17, 15) is 0 Å². The number of aromatic nitrogens is 1. The molecule has 1 unspecified atom stereocenters. The van der Waals surface area contributed by atoms with Gasteiger partial charge >= 0.3 is 0 Å². The highest BCUT2D eigenvalue weighted by Gasteiger charge is 2.10. The van der Waals surface area contributed by atoms with Crippen LogP contribution in [0.3, 0.4) is 0 Å². The molecule has 0 spiro atoms. The van der Waals surface area contributed by atoms with E-state index in [2.05, 4.69) is 50.1 Å². The van der Waals surface area contributed by atoms with Gasteiger partial charge in [0.05, 0.1) is 11.6 Å². The Labute approximate surface area is 107 Å². The highest BCUT2D eigenvalue weighted by atomic mass is 32.1. The second kappa shape index (κ2) is 4.88. The predicted octanol–water partition coefficient (Wildman–Crippen LogP) is 4.24.